The first-order valence-corrected chi connectivity index (χ1v) is 8.32. The van der Waals surface area contributed by atoms with Crippen molar-refractivity contribution in [3.05, 3.63) is 41.2 Å². The summed E-state index contributed by atoms with van der Waals surface area (Å²) in [6.45, 7) is 8.13. The molecule has 1 aliphatic rings. The molecule has 29 heavy (non-hydrogen) atoms. The van der Waals surface area contributed by atoms with E-state index in [1.807, 2.05) is 6.92 Å². The van der Waals surface area contributed by atoms with Crippen LogP contribution in [0.5, 0.6) is 0 Å². The van der Waals surface area contributed by atoms with Crippen molar-refractivity contribution in [2.75, 3.05) is 12.2 Å². The third kappa shape index (κ3) is 5.87. The highest BCUT2D eigenvalue weighted by atomic mass is 16.5. The summed E-state index contributed by atoms with van der Waals surface area (Å²) in [6.07, 6.45) is -0.650. The molecule has 11 heteroatoms. The van der Waals surface area contributed by atoms with Gasteiger partial charge < -0.3 is 14.7 Å². The molecule has 0 saturated heterocycles. The molecule has 1 atom stereocenters. The number of benzene rings is 1. The molecule has 2 N–H and O–H groups in total. The van der Waals surface area contributed by atoms with E-state index in [-0.39, 0.29) is 24.1 Å². The second-order valence-electron chi connectivity index (χ2n) is 5.95. The number of carbonyl (C=O) groups excluding carboxylic acids is 2. The minimum atomic E-state index is -1.32. The number of hydrogen-bond donors (Lipinski definition) is 2. The van der Waals surface area contributed by atoms with E-state index in [1.54, 1.807) is 30.3 Å². The lowest BCUT2D eigenvalue weighted by molar-refractivity contribution is -0.157. The van der Waals surface area contributed by atoms with Crippen LogP contribution in [0.25, 0.3) is 4.85 Å². The molecule has 11 nitrogen and oxygen atoms in total. The van der Waals surface area contributed by atoms with Crippen LogP contribution in [0.15, 0.2) is 34.5 Å². The molecular weight excluding hydrogens is 380 g/mol. The number of rotatable bonds is 7. The SMILES string of the molecule is [C-]#[N+]/C(C#N)=N\Nc1ccc(C2=NN(COC(=O)CC(=O)O)C(=O)C[C@H]2C)cc1. The molecule has 0 bridgehead atoms. The fraction of sp³-hybridized carbons (Fsp3) is 0.278. The molecule has 1 aromatic rings. The van der Waals surface area contributed by atoms with Gasteiger partial charge in [0.05, 0.1) is 11.4 Å². The number of nitrogens with zero attached hydrogens (tertiary/aromatic N) is 5. The van der Waals surface area contributed by atoms with E-state index in [0.29, 0.717) is 17.0 Å². The highest BCUT2D eigenvalue weighted by Crippen LogP contribution is 2.22. The van der Waals surface area contributed by atoms with Crippen molar-refractivity contribution in [1.29, 1.82) is 5.26 Å². The fourth-order valence-corrected chi connectivity index (χ4v) is 2.41. The van der Waals surface area contributed by atoms with Gasteiger partial charge in [-0.1, -0.05) is 25.6 Å². The van der Waals surface area contributed by atoms with Crippen molar-refractivity contribution in [2.24, 2.45) is 16.1 Å². The Morgan fingerprint density at radius 2 is 2.17 bits per heavy atom. The Morgan fingerprint density at radius 1 is 1.48 bits per heavy atom. The number of hydrogen-bond acceptors (Lipinski definition) is 8. The fourth-order valence-electron chi connectivity index (χ4n) is 2.41. The normalized spacial score (nSPS) is 16.3. The van der Waals surface area contributed by atoms with E-state index < -0.39 is 25.1 Å². The number of nitriles is 1. The van der Waals surface area contributed by atoms with E-state index in [1.165, 1.54) is 0 Å². The summed E-state index contributed by atoms with van der Waals surface area (Å²) >= 11 is 0. The maximum Gasteiger partial charge on any atom is 0.371 e. The van der Waals surface area contributed by atoms with Crippen LogP contribution in [-0.2, 0) is 19.1 Å². The number of esters is 1. The lowest BCUT2D eigenvalue weighted by Gasteiger charge is -2.27. The number of carboxylic acid groups (broad SMARTS) is 1. The second-order valence-corrected chi connectivity index (χ2v) is 5.95. The molecular formula is C18H16N6O5. The Kier molecular flexibility index (Phi) is 6.98. The molecule has 0 unspecified atom stereocenters. The van der Waals surface area contributed by atoms with Gasteiger partial charge in [-0.15, -0.1) is 0 Å². The zero-order valence-electron chi connectivity index (χ0n) is 15.3. The summed E-state index contributed by atoms with van der Waals surface area (Å²) in [5.41, 5.74) is 4.45. The van der Waals surface area contributed by atoms with Gasteiger partial charge in [0, 0.05) is 12.3 Å². The number of ether oxygens (including phenoxy) is 1. The predicted octanol–water partition coefficient (Wildman–Crippen LogP) is 1.40. The van der Waals surface area contributed by atoms with Crippen LogP contribution in [-0.4, -0.2) is 46.2 Å². The van der Waals surface area contributed by atoms with E-state index in [2.05, 4.69) is 20.5 Å². The third-order valence-corrected chi connectivity index (χ3v) is 3.78. The summed E-state index contributed by atoms with van der Waals surface area (Å²) in [5, 5.41) is 26.1. The molecule has 0 aliphatic carbocycles. The van der Waals surface area contributed by atoms with E-state index in [4.69, 9.17) is 21.7 Å². The molecule has 1 aromatic carbocycles. The summed E-state index contributed by atoms with van der Waals surface area (Å²) in [4.78, 5) is 36.9. The predicted molar refractivity (Wildman–Crippen MR) is 100 cm³/mol. The lowest BCUT2D eigenvalue weighted by Crippen LogP contribution is -2.38. The molecule has 1 heterocycles. The number of anilines is 1. The zero-order chi connectivity index (χ0) is 21.4. The van der Waals surface area contributed by atoms with Crippen LogP contribution < -0.4 is 5.43 Å². The second kappa shape index (κ2) is 9.62. The van der Waals surface area contributed by atoms with Crippen LogP contribution in [0.4, 0.5) is 5.69 Å². The van der Waals surface area contributed by atoms with Crippen molar-refractivity contribution >= 4 is 35.1 Å². The first-order valence-electron chi connectivity index (χ1n) is 8.32. The average molecular weight is 396 g/mol. The first kappa shape index (κ1) is 21.1. The monoisotopic (exact) mass is 396 g/mol. The number of carboxylic acids is 1. The Bertz CT molecular complexity index is 938. The molecule has 0 spiro atoms. The molecule has 1 amide bonds. The maximum atomic E-state index is 12.1. The van der Waals surface area contributed by atoms with Gasteiger partial charge in [0.2, 0.25) is 5.91 Å². The van der Waals surface area contributed by atoms with Gasteiger partial charge in [-0.05, 0) is 22.8 Å². The van der Waals surface area contributed by atoms with Crippen molar-refractivity contribution < 1.29 is 24.2 Å². The number of hydrazone groups is 2. The number of carbonyl (C=O) groups is 3. The number of aliphatic carboxylic acids is 1. The van der Waals surface area contributed by atoms with Crippen molar-refractivity contribution in [1.82, 2.24) is 5.01 Å². The minimum Gasteiger partial charge on any atom is -0.481 e. The first-order chi connectivity index (χ1) is 13.8. The number of nitrogens with one attached hydrogen (secondary N) is 1. The van der Waals surface area contributed by atoms with Crippen LogP contribution in [0.2, 0.25) is 0 Å². The maximum absolute atomic E-state index is 12.1. The van der Waals surface area contributed by atoms with Gasteiger partial charge >= 0.3 is 17.8 Å². The highest BCUT2D eigenvalue weighted by Gasteiger charge is 2.28. The van der Waals surface area contributed by atoms with Crippen molar-refractivity contribution in [2.45, 2.75) is 19.8 Å². The molecule has 0 fully saturated rings. The van der Waals surface area contributed by atoms with Crippen LogP contribution >= 0.6 is 0 Å². The van der Waals surface area contributed by atoms with E-state index in [0.717, 1.165) is 5.01 Å². The molecule has 148 valence electrons. The standard InChI is InChI=1S/C18H16N6O5/c1-11-7-15(25)24(10-29-17(28)8-16(26)27)23-18(11)12-3-5-13(6-4-12)21-22-14(9-19)20-2/h3-6,11,21H,7-8,10H2,1H3,(H,26,27)/b22-14-/t11-/m1/s1. The summed E-state index contributed by atoms with van der Waals surface area (Å²) in [5.74, 6) is -3.15. The van der Waals surface area contributed by atoms with Gasteiger partial charge in [-0.2, -0.15) is 10.1 Å². The highest BCUT2D eigenvalue weighted by molar-refractivity contribution is 6.06. The van der Waals surface area contributed by atoms with E-state index in [9.17, 15) is 14.4 Å². The average Bonchev–Trinajstić information content (AvgIpc) is 2.68. The smallest absolute Gasteiger partial charge is 0.371 e. The van der Waals surface area contributed by atoms with E-state index >= 15 is 0 Å². The topological polar surface area (TPSA) is 149 Å². The van der Waals surface area contributed by atoms with Crippen molar-refractivity contribution in [3.63, 3.8) is 0 Å². The summed E-state index contributed by atoms with van der Waals surface area (Å²) < 4.78 is 4.78. The Hall–Kier alpha value is -4.25. The van der Waals surface area contributed by atoms with Gasteiger partial charge in [0.25, 0.3) is 0 Å². The summed E-state index contributed by atoms with van der Waals surface area (Å²) in [7, 11) is 0. The van der Waals surface area contributed by atoms with Gasteiger partial charge in [0.1, 0.15) is 12.5 Å². The van der Waals surface area contributed by atoms with Gasteiger partial charge in [0.15, 0.2) is 6.73 Å². The third-order valence-electron chi connectivity index (χ3n) is 3.78. The van der Waals surface area contributed by atoms with Gasteiger partial charge in [-0.25, -0.2) is 10.7 Å². The largest absolute Gasteiger partial charge is 0.481 e. The Balaban J connectivity index is 2.12. The molecule has 0 aromatic heterocycles. The Morgan fingerprint density at radius 3 is 2.76 bits per heavy atom. The van der Waals surface area contributed by atoms with Gasteiger partial charge in [-0.3, -0.25) is 14.4 Å². The summed E-state index contributed by atoms with van der Waals surface area (Å²) in [6, 6.07) is 8.42. The zero-order valence-corrected chi connectivity index (χ0v) is 15.3. The minimum absolute atomic E-state index is 0.149. The van der Waals surface area contributed by atoms with Crippen LogP contribution in [0.3, 0.4) is 0 Å². The Labute approximate surface area is 165 Å². The molecule has 2 rings (SSSR count). The van der Waals surface area contributed by atoms with Crippen molar-refractivity contribution in [3.8, 4) is 6.07 Å². The van der Waals surface area contributed by atoms with Crippen LogP contribution in [0, 0.1) is 23.8 Å². The lowest BCUT2D eigenvalue weighted by atomic mass is 9.94. The quantitative estimate of drug-likeness (QED) is 0.177. The molecule has 1 aliphatic heterocycles. The number of amides is 1. The molecule has 0 radical (unpaired) electrons. The molecule has 0 saturated carbocycles. The number of amidine groups is 1. The van der Waals surface area contributed by atoms with Crippen LogP contribution in [0.1, 0.15) is 25.3 Å².